The van der Waals surface area contributed by atoms with Crippen molar-refractivity contribution in [2.45, 2.75) is 44.0 Å². The monoisotopic (exact) mass is 441 g/mol. The standard InChI is InChI=1S/C19H24ClN3O3S2/c1-13(2)19-22-16(12-27-19)11-21-18(24)14-7-9-23(10-8-14)28(25,26)17-5-3-15(20)4-6-17/h3-6,12-14H,7-11H2,1-2H3,(H,21,24). The number of rotatable bonds is 6. The van der Waals surface area contributed by atoms with Gasteiger partial charge in [-0.3, -0.25) is 4.79 Å². The maximum Gasteiger partial charge on any atom is 0.243 e. The molecule has 0 spiro atoms. The van der Waals surface area contributed by atoms with Crippen LogP contribution in [0.4, 0.5) is 0 Å². The molecule has 1 saturated heterocycles. The van der Waals surface area contributed by atoms with Crippen LogP contribution in [0.25, 0.3) is 0 Å². The number of nitrogens with zero attached hydrogens (tertiary/aromatic N) is 2. The van der Waals surface area contributed by atoms with Crippen LogP contribution in [-0.2, 0) is 21.4 Å². The van der Waals surface area contributed by atoms with Crippen LogP contribution in [0.5, 0.6) is 0 Å². The number of halogens is 1. The summed E-state index contributed by atoms with van der Waals surface area (Å²) in [4.78, 5) is 17.2. The quantitative estimate of drug-likeness (QED) is 0.742. The van der Waals surface area contributed by atoms with Gasteiger partial charge in [0.2, 0.25) is 15.9 Å². The molecule has 1 fully saturated rings. The molecule has 9 heteroatoms. The Kier molecular flexibility index (Phi) is 6.75. The number of carbonyl (C=O) groups is 1. The number of hydrogen-bond acceptors (Lipinski definition) is 5. The Labute approximate surface area is 175 Å². The van der Waals surface area contributed by atoms with Gasteiger partial charge in [-0.2, -0.15) is 4.31 Å². The normalized spacial score (nSPS) is 16.4. The van der Waals surface area contributed by atoms with Crippen LogP contribution >= 0.6 is 22.9 Å². The minimum absolute atomic E-state index is 0.0392. The van der Waals surface area contributed by atoms with E-state index in [1.165, 1.54) is 16.4 Å². The van der Waals surface area contributed by atoms with Crippen LogP contribution in [0.2, 0.25) is 5.02 Å². The van der Waals surface area contributed by atoms with Gasteiger partial charge >= 0.3 is 0 Å². The zero-order chi connectivity index (χ0) is 20.3. The Morgan fingerprint density at radius 2 is 1.93 bits per heavy atom. The lowest BCUT2D eigenvalue weighted by Crippen LogP contribution is -2.42. The first-order chi connectivity index (χ1) is 13.3. The third kappa shape index (κ3) is 4.92. The van der Waals surface area contributed by atoms with E-state index >= 15 is 0 Å². The summed E-state index contributed by atoms with van der Waals surface area (Å²) < 4.78 is 26.9. The minimum atomic E-state index is -3.55. The summed E-state index contributed by atoms with van der Waals surface area (Å²) in [5.41, 5.74) is 0.866. The highest BCUT2D eigenvalue weighted by Crippen LogP contribution is 2.25. The summed E-state index contributed by atoms with van der Waals surface area (Å²) in [5, 5.41) is 6.46. The average Bonchev–Trinajstić information content (AvgIpc) is 3.16. The summed E-state index contributed by atoms with van der Waals surface area (Å²) in [7, 11) is -3.55. The first-order valence-corrected chi connectivity index (χ1v) is 11.9. The summed E-state index contributed by atoms with van der Waals surface area (Å²) in [6.45, 7) is 5.25. The molecule has 0 bridgehead atoms. The van der Waals surface area contributed by atoms with E-state index in [0.29, 0.717) is 43.4 Å². The summed E-state index contributed by atoms with van der Waals surface area (Å²) in [6, 6.07) is 6.15. The Morgan fingerprint density at radius 1 is 1.29 bits per heavy atom. The van der Waals surface area contributed by atoms with Gasteiger partial charge < -0.3 is 5.32 Å². The number of piperidine rings is 1. The first-order valence-electron chi connectivity index (χ1n) is 9.25. The molecule has 3 rings (SSSR count). The number of nitrogens with one attached hydrogen (secondary N) is 1. The third-order valence-corrected chi connectivity index (χ3v) is 8.14. The number of hydrogen-bond donors (Lipinski definition) is 1. The number of amides is 1. The molecule has 0 saturated carbocycles. The van der Waals surface area contributed by atoms with Gasteiger partial charge in [0.05, 0.1) is 22.1 Å². The molecule has 2 heterocycles. The van der Waals surface area contributed by atoms with E-state index in [1.54, 1.807) is 23.5 Å². The van der Waals surface area contributed by atoms with E-state index in [-0.39, 0.29) is 16.7 Å². The molecule has 1 amide bonds. The van der Waals surface area contributed by atoms with Crippen molar-refractivity contribution < 1.29 is 13.2 Å². The van der Waals surface area contributed by atoms with Crippen LogP contribution in [-0.4, -0.2) is 36.7 Å². The van der Waals surface area contributed by atoms with Gasteiger partial charge in [0.25, 0.3) is 0 Å². The Hall–Kier alpha value is -1.48. The molecule has 1 aliphatic rings. The summed E-state index contributed by atoms with van der Waals surface area (Å²) >= 11 is 7.44. The zero-order valence-corrected chi connectivity index (χ0v) is 18.3. The van der Waals surface area contributed by atoms with Gasteiger partial charge in [-0.15, -0.1) is 11.3 Å². The molecule has 1 aromatic carbocycles. The lowest BCUT2D eigenvalue weighted by molar-refractivity contribution is -0.126. The smallest absolute Gasteiger partial charge is 0.243 e. The SMILES string of the molecule is CC(C)c1nc(CNC(=O)C2CCN(S(=O)(=O)c3ccc(Cl)cc3)CC2)cs1. The molecule has 0 atom stereocenters. The Morgan fingerprint density at radius 3 is 2.50 bits per heavy atom. The fourth-order valence-electron chi connectivity index (χ4n) is 3.11. The summed E-state index contributed by atoms with van der Waals surface area (Å²) in [5.74, 6) is 0.156. The maximum atomic E-state index is 12.7. The molecule has 0 aliphatic carbocycles. The van der Waals surface area contributed by atoms with E-state index in [1.807, 2.05) is 5.38 Å². The van der Waals surface area contributed by atoms with Crippen LogP contribution in [0, 0.1) is 5.92 Å². The average molecular weight is 442 g/mol. The Bertz CT molecular complexity index is 918. The molecule has 0 unspecified atom stereocenters. The molecule has 152 valence electrons. The van der Waals surface area contributed by atoms with Crippen molar-refractivity contribution in [1.29, 1.82) is 0 Å². The molecule has 0 radical (unpaired) electrons. The van der Waals surface area contributed by atoms with Crippen molar-refractivity contribution >= 4 is 38.9 Å². The number of aromatic nitrogens is 1. The van der Waals surface area contributed by atoms with Crippen LogP contribution in [0.15, 0.2) is 34.5 Å². The molecule has 6 nitrogen and oxygen atoms in total. The maximum absolute atomic E-state index is 12.7. The topological polar surface area (TPSA) is 79.4 Å². The molecular weight excluding hydrogens is 418 g/mol. The second kappa shape index (κ2) is 8.90. The van der Waals surface area contributed by atoms with Crippen molar-refractivity contribution in [2.24, 2.45) is 5.92 Å². The highest BCUT2D eigenvalue weighted by molar-refractivity contribution is 7.89. The van der Waals surface area contributed by atoms with Crippen molar-refractivity contribution in [3.63, 3.8) is 0 Å². The Balaban J connectivity index is 1.52. The van der Waals surface area contributed by atoms with Gasteiger partial charge in [0, 0.05) is 35.3 Å². The van der Waals surface area contributed by atoms with Crippen LogP contribution < -0.4 is 5.32 Å². The molecule has 28 heavy (non-hydrogen) atoms. The fraction of sp³-hybridized carbons (Fsp3) is 0.474. The highest BCUT2D eigenvalue weighted by Gasteiger charge is 2.32. The number of thiazole rings is 1. The van der Waals surface area contributed by atoms with Crippen molar-refractivity contribution in [1.82, 2.24) is 14.6 Å². The largest absolute Gasteiger partial charge is 0.350 e. The predicted octanol–water partition coefficient (Wildman–Crippen LogP) is 3.64. The molecule has 1 aliphatic heterocycles. The second-order valence-corrected chi connectivity index (χ2v) is 10.4. The van der Waals surface area contributed by atoms with Crippen molar-refractivity contribution in [3.05, 3.63) is 45.4 Å². The first kappa shape index (κ1) is 21.2. The van der Waals surface area contributed by atoms with Gasteiger partial charge in [-0.25, -0.2) is 13.4 Å². The molecular formula is C19H24ClN3O3S2. The zero-order valence-electron chi connectivity index (χ0n) is 15.9. The van der Waals surface area contributed by atoms with Gasteiger partial charge in [-0.1, -0.05) is 25.4 Å². The molecule has 2 aromatic rings. The lowest BCUT2D eigenvalue weighted by atomic mass is 9.97. The van der Waals surface area contributed by atoms with E-state index < -0.39 is 10.0 Å². The number of carbonyl (C=O) groups excluding carboxylic acids is 1. The number of sulfonamides is 1. The van der Waals surface area contributed by atoms with E-state index in [9.17, 15) is 13.2 Å². The van der Waals surface area contributed by atoms with Crippen molar-refractivity contribution in [2.75, 3.05) is 13.1 Å². The fourth-order valence-corrected chi connectivity index (χ4v) is 5.54. The van der Waals surface area contributed by atoms with Crippen molar-refractivity contribution in [3.8, 4) is 0 Å². The lowest BCUT2D eigenvalue weighted by Gasteiger charge is -2.30. The molecule has 1 aromatic heterocycles. The number of benzene rings is 1. The van der Waals surface area contributed by atoms with Gasteiger partial charge in [-0.05, 0) is 37.1 Å². The van der Waals surface area contributed by atoms with Crippen LogP contribution in [0.3, 0.4) is 0 Å². The molecule has 1 N–H and O–H groups in total. The van der Waals surface area contributed by atoms with E-state index in [0.717, 1.165) is 10.7 Å². The predicted molar refractivity (Wildman–Crippen MR) is 111 cm³/mol. The minimum Gasteiger partial charge on any atom is -0.350 e. The van der Waals surface area contributed by atoms with Gasteiger partial charge in [0.1, 0.15) is 0 Å². The van der Waals surface area contributed by atoms with Gasteiger partial charge in [0.15, 0.2) is 0 Å². The third-order valence-electron chi connectivity index (χ3n) is 4.78. The second-order valence-electron chi connectivity index (χ2n) is 7.18. The van der Waals surface area contributed by atoms with E-state index in [4.69, 9.17) is 11.6 Å². The summed E-state index contributed by atoms with van der Waals surface area (Å²) in [6.07, 6.45) is 1.01. The van der Waals surface area contributed by atoms with Crippen LogP contribution in [0.1, 0.15) is 43.3 Å². The highest BCUT2D eigenvalue weighted by atomic mass is 35.5. The van der Waals surface area contributed by atoms with E-state index in [2.05, 4.69) is 24.1 Å².